The molecule has 0 aliphatic rings. The molecule has 0 aliphatic heterocycles. The zero-order chi connectivity index (χ0) is 21.0. The summed E-state index contributed by atoms with van der Waals surface area (Å²) < 4.78 is 0. The molecular weight excluding hydrogens is 406 g/mol. The lowest BCUT2D eigenvalue weighted by atomic mass is 9.97. The largest absolute Gasteiger partial charge is 0.321 e. The molecule has 1 N–H and O–H groups in total. The van der Waals surface area contributed by atoms with Crippen LogP contribution in [0.1, 0.15) is 22.4 Å². The van der Waals surface area contributed by atoms with E-state index in [2.05, 4.69) is 50.3 Å². The van der Waals surface area contributed by atoms with Gasteiger partial charge in [-0.25, -0.2) is 19.9 Å². The molecule has 0 atom stereocenters. The van der Waals surface area contributed by atoms with Gasteiger partial charge >= 0.3 is 0 Å². The molecule has 0 aliphatic carbocycles. The van der Waals surface area contributed by atoms with Gasteiger partial charge in [0, 0.05) is 17.1 Å². The quantitative estimate of drug-likeness (QED) is 0.393. The van der Waals surface area contributed by atoms with Crippen LogP contribution in [-0.4, -0.2) is 24.9 Å². The van der Waals surface area contributed by atoms with E-state index in [1.54, 1.807) is 6.20 Å². The highest BCUT2D eigenvalue weighted by molar-refractivity contribution is 6.30. The number of H-pyrrole nitrogens is 1. The summed E-state index contributed by atoms with van der Waals surface area (Å²) >= 11 is 6.32. The third-order valence-corrected chi connectivity index (χ3v) is 5.51. The zero-order valence-electron chi connectivity index (χ0n) is 16.8. The van der Waals surface area contributed by atoms with E-state index in [9.17, 15) is 0 Å². The van der Waals surface area contributed by atoms with Crippen molar-refractivity contribution in [3.63, 3.8) is 0 Å². The Kier molecular flexibility index (Phi) is 5.42. The van der Waals surface area contributed by atoms with E-state index in [0.29, 0.717) is 17.9 Å². The fourth-order valence-electron chi connectivity index (χ4n) is 3.71. The smallest absolute Gasteiger partial charge is 0.161 e. The van der Waals surface area contributed by atoms with Crippen LogP contribution in [0.5, 0.6) is 0 Å². The topological polar surface area (TPSA) is 67.3 Å². The number of nitrogens with one attached hydrogen (secondary N) is 1. The van der Waals surface area contributed by atoms with Gasteiger partial charge in [0.25, 0.3) is 0 Å². The molecule has 5 rings (SSSR count). The first-order valence-corrected chi connectivity index (χ1v) is 10.6. The molecule has 0 unspecified atom stereocenters. The van der Waals surface area contributed by atoms with Gasteiger partial charge < -0.3 is 4.98 Å². The molecule has 0 spiro atoms. The monoisotopic (exact) mass is 425 g/mol. The van der Waals surface area contributed by atoms with E-state index >= 15 is 0 Å². The summed E-state index contributed by atoms with van der Waals surface area (Å²) in [6.45, 7) is 0. The highest BCUT2D eigenvalue weighted by atomic mass is 35.5. The molecule has 3 aromatic heterocycles. The van der Waals surface area contributed by atoms with Gasteiger partial charge in [-0.15, -0.1) is 0 Å². The van der Waals surface area contributed by atoms with Gasteiger partial charge in [0.2, 0.25) is 0 Å². The van der Waals surface area contributed by atoms with Crippen LogP contribution in [0.3, 0.4) is 0 Å². The summed E-state index contributed by atoms with van der Waals surface area (Å²) in [5.41, 5.74) is 6.99. The second-order valence-electron chi connectivity index (χ2n) is 7.43. The molecule has 5 aromatic rings. The maximum absolute atomic E-state index is 6.32. The molecule has 0 bridgehead atoms. The summed E-state index contributed by atoms with van der Waals surface area (Å²) in [6.07, 6.45) is 5.85. The Hall–Kier alpha value is -3.57. The number of imidazole rings is 1. The van der Waals surface area contributed by atoms with E-state index < -0.39 is 0 Å². The molecule has 31 heavy (non-hydrogen) atoms. The van der Waals surface area contributed by atoms with Gasteiger partial charge in [-0.3, -0.25) is 0 Å². The third-order valence-electron chi connectivity index (χ3n) is 5.28. The molecule has 0 fully saturated rings. The lowest BCUT2D eigenvalue weighted by Crippen LogP contribution is -2.01. The van der Waals surface area contributed by atoms with Gasteiger partial charge in [-0.05, 0) is 53.8 Å². The number of aromatic amines is 1. The molecule has 6 heteroatoms. The predicted octanol–water partition coefficient (Wildman–Crippen LogP) is 5.44. The number of pyridine rings is 1. The van der Waals surface area contributed by atoms with E-state index in [-0.39, 0.29) is 0 Å². The Balaban J connectivity index is 1.40. The number of hydrogen-bond donors (Lipinski definition) is 1. The number of benzene rings is 2. The van der Waals surface area contributed by atoms with Crippen molar-refractivity contribution in [2.24, 2.45) is 0 Å². The summed E-state index contributed by atoms with van der Waals surface area (Å²) in [6, 6.07) is 22.7. The van der Waals surface area contributed by atoms with Gasteiger partial charge in [-0.2, -0.15) is 0 Å². The molecule has 0 saturated heterocycles. The first-order chi connectivity index (χ1) is 15.2. The second kappa shape index (κ2) is 8.66. The van der Waals surface area contributed by atoms with E-state index in [0.717, 1.165) is 34.8 Å². The van der Waals surface area contributed by atoms with Gasteiger partial charge in [0.05, 0.1) is 6.20 Å². The standard InChI is InChI=1S/C25H20ClN5/c26-20-12-11-18(10-9-17-5-2-1-3-6-17)19(13-20)14-21-7-4-8-22(29-21)25-30-23-15-27-16-28-24(23)31-25/h1-8,11-13,15-16H,9-10,14H2,(H,27,28,30,31). The van der Waals surface area contributed by atoms with Crippen LogP contribution in [0, 0.1) is 0 Å². The average Bonchev–Trinajstić information content (AvgIpc) is 3.24. The van der Waals surface area contributed by atoms with Crippen molar-refractivity contribution in [2.45, 2.75) is 19.3 Å². The Morgan fingerprint density at radius 3 is 2.61 bits per heavy atom. The first kappa shape index (κ1) is 19.4. The molecule has 2 aromatic carbocycles. The molecular formula is C25H20ClN5. The zero-order valence-corrected chi connectivity index (χ0v) is 17.5. The molecule has 3 heterocycles. The number of halogens is 1. The van der Waals surface area contributed by atoms with Crippen LogP contribution in [-0.2, 0) is 19.3 Å². The van der Waals surface area contributed by atoms with Crippen LogP contribution >= 0.6 is 11.6 Å². The number of rotatable bonds is 6. The Morgan fingerprint density at radius 1 is 0.839 bits per heavy atom. The Bertz CT molecular complexity index is 1300. The number of aromatic nitrogens is 5. The summed E-state index contributed by atoms with van der Waals surface area (Å²) in [4.78, 5) is 20.9. The normalized spacial score (nSPS) is 11.1. The SMILES string of the molecule is Clc1ccc(CCc2ccccc2)c(Cc2cccc(-c3nc4cncnc4[nH]3)n2)c1. The van der Waals surface area contributed by atoms with Crippen LogP contribution in [0.2, 0.25) is 5.02 Å². The van der Waals surface area contributed by atoms with Gasteiger partial charge in [0.15, 0.2) is 11.5 Å². The minimum atomic E-state index is 0.688. The van der Waals surface area contributed by atoms with Crippen molar-refractivity contribution in [3.8, 4) is 11.5 Å². The van der Waals surface area contributed by atoms with Crippen molar-refractivity contribution in [3.05, 3.63) is 107 Å². The molecule has 0 saturated carbocycles. The van der Waals surface area contributed by atoms with E-state index in [4.69, 9.17) is 16.6 Å². The molecule has 0 amide bonds. The second-order valence-corrected chi connectivity index (χ2v) is 7.87. The average molecular weight is 426 g/mol. The summed E-state index contributed by atoms with van der Waals surface area (Å²) in [5.74, 6) is 0.688. The maximum atomic E-state index is 6.32. The van der Waals surface area contributed by atoms with Gasteiger partial charge in [-0.1, -0.05) is 54.1 Å². The van der Waals surface area contributed by atoms with Crippen LogP contribution < -0.4 is 0 Å². The Labute approximate surface area is 185 Å². The predicted molar refractivity (Wildman–Crippen MR) is 123 cm³/mol. The Morgan fingerprint density at radius 2 is 1.74 bits per heavy atom. The summed E-state index contributed by atoms with van der Waals surface area (Å²) in [7, 11) is 0. The van der Waals surface area contributed by atoms with Crippen molar-refractivity contribution >= 4 is 22.8 Å². The summed E-state index contributed by atoms with van der Waals surface area (Å²) in [5, 5.41) is 0.741. The maximum Gasteiger partial charge on any atom is 0.161 e. The van der Waals surface area contributed by atoms with Crippen molar-refractivity contribution < 1.29 is 0 Å². The number of nitrogens with zero attached hydrogens (tertiary/aromatic N) is 4. The molecule has 152 valence electrons. The lowest BCUT2D eigenvalue weighted by Gasteiger charge is -2.11. The minimum absolute atomic E-state index is 0.688. The van der Waals surface area contributed by atoms with Gasteiger partial charge in [0.1, 0.15) is 17.5 Å². The fraction of sp³-hybridized carbons (Fsp3) is 0.120. The van der Waals surface area contributed by atoms with E-state index in [1.165, 1.54) is 23.0 Å². The van der Waals surface area contributed by atoms with Crippen LogP contribution in [0.15, 0.2) is 79.3 Å². The van der Waals surface area contributed by atoms with Crippen molar-refractivity contribution in [1.82, 2.24) is 24.9 Å². The van der Waals surface area contributed by atoms with Crippen molar-refractivity contribution in [2.75, 3.05) is 0 Å². The van der Waals surface area contributed by atoms with Crippen molar-refractivity contribution in [1.29, 1.82) is 0 Å². The molecule has 5 nitrogen and oxygen atoms in total. The number of hydrogen-bond acceptors (Lipinski definition) is 4. The highest BCUT2D eigenvalue weighted by Crippen LogP contribution is 2.22. The van der Waals surface area contributed by atoms with E-state index in [1.807, 2.05) is 36.4 Å². The minimum Gasteiger partial charge on any atom is -0.321 e. The fourth-order valence-corrected chi connectivity index (χ4v) is 3.91. The van der Waals surface area contributed by atoms with Crippen LogP contribution in [0.4, 0.5) is 0 Å². The van der Waals surface area contributed by atoms with Crippen LogP contribution in [0.25, 0.3) is 22.7 Å². The number of fused-ring (bicyclic) bond motifs is 1. The number of aryl methyl sites for hydroxylation is 2. The highest BCUT2D eigenvalue weighted by Gasteiger charge is 2.10. The third kappa shape index (κ3) is 4.47. The lowest BCUT2D eigenvalue weighted by molar-refractivity contribution is 0.930. The molecule has 0 radical (unpaired) electrons. The first-order valence-electron chi connectivity index (χ1n) is 10.2.